The third-order valence-electron chi connectivity index (χ3n) is 2.82. The van der Waals surface area contributed by atoms with Gasteiger partial charge >= 0.3 is 5.69 Å². The van der Waals surface area contributed by atoms with E-state index in [-0.39, 0.29) is 16.1 Å². The third kappa shape index (κ3) is 3.16. The van der Waals surface area contributed by atoms with E-state index < -0.39 is 32.0 Å². The molecule has 110 valence electrons. The highest BCUT2D eigenvalue weighted by atomic mass is 32.2. The first-order valence-corrected chi connectivity index (χ1v) is 7.46. The minimum Gasteiger partial charge on any atom is -0.399 e. The van der Waals surface area contributed by atoms with Crippen LogP contribution in [0.25, 0.3) is 0 Å². The zero-order valence-electron chi connectivity index (χ0n) is 10.7. The Morgan fingerprint density at radius 2 is 1.86 bits per heavy atom. The van der Waals surface area contributed by atoms with Gasteiger partial charge in [0, 0.05) is 17.3 Å². The minimum atomic E-state index is -3.84. The van der Waals surface area contributed by atoms with E-state index >= 15 is 0 Å². The molecule has 0 fully saturated rings. The van der Waals surface area contributed by atoms with Crippen molar-refractivity contribution >= 4 is 21.2 Å². The molecule has 0 aliphatic rings. The van der Waals surface area contributed by atoms with E-state index in [4.69, 9.17) is 5.73 Å². The Hall–Kier alpha value is -2.48. The Labute approximate surface area is 120 Å². The SMILES string of the molecule is Nc1cccc(S(=O)(=O)Cc2cccc([N+](=O)[O-])c2F)c1. The Morgan fingerprint density at radius 1 is 1.19 bits per heavy atom. The lowest BCUT2D eigenvalue weighted by atomic mass is 10.2. The van der Waals surface area contributed by atoms with Gasteiger partial charge in [0.2, 0.25) is 5.82 Å². The lowest BCUT2D eigenvalue weighted by Crippen LogP contribution is -2.08. The van der Waals surface area contributed by atoms with E-state index in [1.165, 1.54) is 36.4 Å². The van der Waals surface area contributed by atoms with E-state index in [0.29, 0.717) is 0 Å². The molecule has 2 N–H and O–H groups in total. The maximum atomic E-state index is 13.9. The summed E-state index contributed by atoms with van der Waals surface area (Å²) in [4.78, 5) is 9.70. The van der Waals surface area contributed by atoms with Crippen LogP contribution in [0.3, 0.4) is 0 Å². The first kappa shape index (κ1) is 14.9. The van der Waals surface area contributed by atoms with Crippen LogP contribution in [0.15, 0.2) is 47.4 Å². The van der Waals surface area contributed by atoms with E-state index in [1.807, 2.05) is 0 Å². The lowest BCUT2D eigenvalue weighted by molar-refractivity contribution is -0.387. The van der Waals surface area contributed by atoms with Gasteiger partial charge in [-0.1, -0.05) is 18.2 Å². The molecule has 0 saturated carbocycles. The van der Waals surface area contributed by atoms with Crippen LogP contribution in [-0.2, 0) is 15.6 Å². The maximum Gasteiger partial charge on any atom is 0.305 e. The topological polar surface area (TPSA) is 103 Å². The number of nitrogens with two attached hydrogens (primary N) is 1. The number of benzene rings is 2. The van der Waals surface area contributed by atoms with Gasteiger partial charge in [0.25, 0.3) is 0 Å². The van der Waals surface area contributed by atoms with Crippen LogP contribution in [-0.4, -0.2) is 13.3 Å². The average Bonchev–Trinajstić information content (AvgIpc) is 2.40. The fraction of sp³-hybridized carbons (Fsp3) is 0.0769. The second-order valence-corrected chi connectivity index (χ2v) is 6.33. The molecule has 0 amide bonds. The summed E-state index contributed by atoms with van der Waals surface area (Å²) in [6, 6.07) is 8.99. The minimum absolute atomic E-state index is 0.0617. The number of nitrogens with zero attached hydrogens (tertiary/aromatic N) is 1. The Bertz CT molecular complexity index is 806. The molecule has 0 saturated heterocycles. The molecule has 0 aliphatic carbocycles. The molecule has 2 aromatic rings. The number of nitrogen functional groups attached to an aromatic ring is 1. The molecule has 0 spiro atoms. The van der Waals surface area contributed by atoms with Gasteiger partial charge < -0.3 is 5.73 Å². The molecular formula is C13H11FN2O4S. The number of nitro benzene ring substituents is 1. The molecular weight excluding hydrogens is 299 g/mol. The molecule has 8 heteroatoms. The molecule has 0 heterocycles. The van der Waals surface area contributed by atoms with E-state index in [0.717, 1.165) is 6.07 Å². The summed E-state index contributed by atoms with van der Waals surface area (Å²) in [7, 11) is -3.84. The van der Waals surface area contributed by atoms with Crippen LogP contribution in [0.2, 0.25) is 0 Å². The highest BCUT2D eigenvalue weighted by molar-refractivity contribution is 7.90. The van der Waals surface area contributed by atoms with Gasteiger partial charge in [0.1, 0.15) is 0 Å². The second kappa shape index (κ2) is 5.49. The number of hydrogen-bond acceptors (Lipinski definition) is 5. The third-order valence-corrected chi connectivity index (χ3v) is 4.48. The van der Waals surface area contributed by atoms with E-state index in [1.54, 1.807) is 0 Å². The standard InChI is InChI=1S/C13H11FN2O4S/c14-13-9(3-1-6-12(13)16(17)18)8-21(19,20)11-5-2-4-10(15)7-11/h1-7H,8,15H2. The highest BCUT2D eigenvalue weighted by Gasteiger charge is 2.23. The van der Waals surface area contributed by atoms with Crippen LogP contribution in [0, 0.1) is 15.9 Å². The fourth-order valence-corrected chi connectivity index (χ4v) is 3.22. The quantitative estimate of drug-likeness (QED) is 0.530. The summed E-state index contributed by atoms with van der Waals surface area (Å²) < 4.78 is 38.3. The van der Waals surface area contributed by atoms with Crippen molar-refractivity contribution in [1.29, 1.82) is 0 Å². The fourth-order valence-electron chi connectivity index (χ4n) is 1.81. The first-order chi connectivity index (χ1) is 9.81. The van der Waals surface area contributed by atoms with Crippen molar-refractivity contribution < 1.29 is 17.7 Å². The number of anilines is 1. The summed E-state index contributed by atoms with van der Waals surface area (Å²) in [5.41, 5.74) is 4.76. The van der Waals surface area contributed by atoms with Gasteiger partial charge in [0.05, 0.1) is 15.6 Å². The van der Waals surface area contributed by atoms with Gasteiger partial charge in [0.15, 0.2) is 9.84 Å². The molecule has 0 unspecified atom stereocenters. The van der Waals surface area contributed by atoms with Gasteiger partial charge in [-0.25, -0.2) is 8.42 Å². The largest absolute Gasteiger partial charge is 0.399 e. The molecule has 0 atom stereocenters. The van der Waals surface area contributed by atoms with Crippen LogP contribution >= 0.6 is 0 Å². The predicted octanol–water partition coefficient (Wildman–Crippen LogP) is 2.29. The molecule has 0 aliphatic heterocycles. The van der Waals surface area contributed by atoms with Crippen LogP contribution in [0.4, 0.5) is 15.8 Å². The summed E-state index contributed by atoms with van der Waals surface area (Å²) in [5.74, 6) is -1.82. The summed E-state index contributed by atoms with van der Waals surface area (Å²) in [6.07, 6.45) is 0. The Kier molecular flexibility index (Phi) is 3.90. The predicted molar refractivity (Wildman–Crippen MR) is 74.8 cm³/mol. The molecule has 21 heavy (non-hydrogen) atoms. The molecule has 0 bridgehead atoms. The monoisotopic (exact) mass is 310 g/mol. The van der Waals surface area contributed by atoms with Crippen molar-refractivity contribution in [2.24, 2.45) is 0 Å². The number of hydrogen-bond donors (Lipinski definition) is 1. The van der Waals surface area contributed by atoms with Crippen LogP contribution < -0.4 is 5.73 Å². The van der Waals surface area contributed by atoms with Crippen LogP contribution in [0.1, 0.15) is 5.56 Å². The van der Waals surface area contributed by atoms with Crippen molar-refractivity contribution in [3.05, 3.63) is 64.0 Å². The Balaban J connectivity index is 2.42. The number of halogens is 1. The van der Waals surface area contributed by atoms with Gasteiger partial charge in [-0.15, -0.1) is 0 Å². The number of nitro groups is 1. The number of rotatable bonds is 4. The lowest BCUT2D eigenvalue weighted by Gasteiger charge is -2.06. The molecule has 2 rings (SSSR count). The summed E-state index contributed by atoms with van der Waals surface area (Å²) >= 11 is 0. The summed E-state index contributed by atoms with van der Waals surface area (Å²) in [5, 5.41) is 10.7. The van der Waals surface area contributed by atoms with Crippen molar-refractivity contribution in [1.82, 2.24) is 0 Å². The summed E-state index contributed by atoms with van der Waals surface area (Å²) in [6.45, 7) is 0. The maximum absolute atomic E-state index is 13.9. The van der Waals surface area contributed by atoms with Crippen molar-refractivity contribution in [3.63, 3.8) is 0 Å². The smallest absolute Gasteiger partial charge is 0.305 e. The van der Waals surface area contributed by atoms with Crippen LogP contribution in [0.5, 0.6) is 0 Å². The zero-order valence-corrected chi connectivity index (χ0v) is 11.5. The molecule has 0 aromatic heterocycles. The first-order valence-electron chi connectivity index (χ1n) is 5.81. The van der Waals surface area contributed by atoms with E-state index in [2.05, 4.69) is 0 Å². The molecule has 0 radical (unpaired) electrons. The van der Waals surface area contributed by atoms with Gasteiger partial charge in [-0.3, -0.25) is 10.1 Å². The van der Waals surface area contributed by atoms with E-state index in [9.17, 15) is 22.9 Å². The van der Waals surface area contributed by atoms with Gasteiger partial charge in [-0.2, -0.15) is 4.39 Å². The van der Waals surface area contributed by atoms with Crippen molar-refractivity contribution in [2.75, 3.05) is 5.73 Å². The average molecular weight is 310 g/mol. The normalized spacial score (nSPS) is 11.3. The van der Waals surface area contributed by atoms with Crippen molar-refractivity contribution in [3.8, 4) is 0 Å². The molecule has 6 nitrogen and oxygen atoms in total. The highest BCUT2D eigenvalue weighted by Crippen LogP contribution is 2.24. The van der Waals surface area contributed by atoms with Crippen molar-refractivity contribution in [2.45, 2.75) is 10.6 Å². The van der Waals surface area contributed by atoms with Gasteiger partial charge in [-0.05, 0) is 18.2 Å². The number of sulfone groups is 1. The Morgan fingerprint density at radius 3 is 2.48 bits per heavy atom. The second-order valence-electron chi connectivity index (χ2n) is 4.34. The zero-order chi connectivity index (χ0) is 15.6. The molecule has 2 aromatic carbocycles.